The van der Waals surface area contributed by atoms with Gasteiger partial charge in [0.15, 0.2) is 5.96 Å². The third-order valence-corrected chi connectivity index (χ3v) is 3.91. The van der Waals surface area contributed by atoms with E-state index in [1.165, 1.54) is 12.4 Å². The Labute approximate surface area is 158 Å². The molecule has 0 fully saturated rings. The van der Waals surface area contributed by atoms with E-state index in [1.807, 2.05) is 31.2 Å². The molecule has 0 spiro atoms. The number of hydrogen-bond acceptors (Lipinski definition) is 3. The molecule has 1 unspecified atom stereocenters. The van der Waals surface area contributed by atoms with Crippen LogP contribution in [0.1, 0.15) is 44.8 Å². The summed E-state index contributed by atoms with van der Waals surface area (Å²) in [7, 11) is 1.63. The first-order valence-corrected chi connectivity index (χ1v) is 8.90. The number of rotatable bonds is 8. The van der Waals surface area contributed by atoms with Crippen molar-refractivity contribution in [2.24, 2.45) is 10.9 Å². The molecule has 0 aliphatic rings. The molecule has 1 atom stereocenters. The zero-order valence-corrected chi connectivity index (χ0v) is 16.1. The Morgan fingerprint density at radius 3 is 2.52 bits per heavy atom. The molecule has 0 amide bonds. The Hall–Kier alpha value is -2.64. The molecular weight excluding hydrogens is 352 g/mol. The Morgan fingerprint density at radius 2 is 1.93 bits per heavy atom. The maximum atomic E-state index is 12.9. The van der Waals surface area contributed by atoms with Crippen LogP contribution in [0.25, 0.3) is 0 Å². The highest BCUT2D eigenvalue weighted by atomic mass is 19.3. The van der Waals surface area contributed by atoms with Gasteiger partial charge in [0.1, 0.15) is 11.6 Å². The summed E-state index contributed by atoms with van der Waals surface area (Å²) in [5.74, 6) is 2.06. The number of hydrogen-bond donors (Lipinski definition) is 2. The van der Waals surface area contributed by atoms with E-state index in [1.54, 1.807) is 7.05 Å². The molecule has 0 saturated heterocycles. The van der Waals surface area contributed by atoms with Gasteiger partial charge in [-0.3, -0.25) is 9.56 Å². The van der Waals surface area contributed by atoms with Gasteiger partial charge in [0.25, 0.3) is 0 Å². The number of aliphatic imine (C=N–C) groups is 1. The topological polar surface area (TPSA) is 63.5 Å². The highest BCUT2D eigenvalue weighted by molar-refractivity contribution is 5.80. The quantitative estimate of drug-likeness (QED) is 0.542. The fourth-order valence-corrected chi connectivity index (χ4v) is 2.42. The molecule has 0 aliphatic carbocycles. The lowest BCUT2D eigenvalue weighted by atomic mass is 10.1. The van der Waals surface area contributed by atoms with Gasteiger partial charge in [0.05, 0.1) is 19.2 Å². The van der Waals surface area contributed by atoms with Gasteiger partial charge >= 0.3 is 6.55 Å². The molecule has 148 valence electrons. The molecule has 2 N–H and O–H groups in total. The fraction of sp³-hybridized carbons (Fsp3) is 0.474. The van der Waals surface area contributed by atoms with Crippen molar-refractivity contribution >= 4 is 5.96 Å². The first kappa shape index (κ1) is 20.7. The van der Waals surface area contributed by atoms with E-state index >= 15 is 0 Å². The van der Waals surface area contributed by atoms with Crippen molar-refractivity contribution in [3.8, 4) is 5.75 Å². The van der Waals surface area contributed by atoms with Gasteiger partial charge in [-0.25, -0.2) is 4.98 Å². The lowest BCUT2D eigenvalue weighted by Gasteiger charge is -2.19. The van der Waals surface area contributed by atoms with Gasteiger partial charge in [0, 0.05) is 19.4 Å². The molecule has 6 nitrogen and oxygen atoms in total. The van der Waals surface area contributed by atoms with E-state index in [0.717, 1.165) is 15.9 Å². The molecule has 2 rings (SSSR count). The third-order valence-electron chi connectivity index (χ3n) is 3.91. The second-order valence-electron chi connectivity index (χ2n) is 6.59. The van der Waals surface area contributed by atoms with Crippen molar-refractivity contribution in [3.63, 3.8) is 0 Å². The molecular formula is C19H27F2N5O. The largest absolute Gasteiger partial charge is 0.493 e. The maximum absolute atomic E-state index is 12.9. The Bertz CT molecular complexity index is 728. The zero-order chi connectivity index (χ0) is 19.8. The number of nitrogens with zero attached hydrogens (tertiary/aromatic N) is 3. The van der Waals surface area contributed by atoms with Crippen molar-refractivity contribution < 1.29 is 13.5 Å². The number of halogens is 2. The molecule has 1 aromatic carbocycles. The Morgan fingerprint density at radius 1 is 1.22 bits per heavy atom. The average molecular weight is 379 g/mol. The lowest BCUT2D eigenvalue weighted by Crippen LogP contribution is -2.38. The lowest BCUT2D eigenvalue weighted by molar-refractivity contribution is 0.0668. The number of nitrogens with one attached hydrogen (secondary N) is 2. The van der Waals surface area contributed by atoms with Crippen molar-refractivity contribution in [1.29, 1.82) is 0 Å². The van der Waals surface area contributed by atoms with Crippen LogP contribution in [0.4, 0.5) is 8.78 Å². The second kappa shape index (κ2) is 9.89. The molecule has 0 saturated carbocycles. The summed E-state index contributed by atoms with van der Waals surface area (Å²) in [5.41, 5.74) is 1.06. The van der Waals surface area contributed by atoms with E-state index in [4.69, 9.17) is 4.74 Å². The number of guanidine groups is 1. The van der Waals surface area contributed by atoms with Gasteiger partial charge in [-0.15, -0.1) is 0 Å². The highest BCUT2D eigenvalue weighted by Crippen LogP contribution is 2.18. The summed E-state index contributed by atoms with van der Waals surface area (Å²) >= 11 is 0. The summed E-state index contributed by atoms with van der Waals surface area (Å²) in [6.45, 7) is 4.41. The van der Waals surface area contributed by atoms with Crippen molar-refractivity contribution in [2.75, 3.05) is 13.7 Å². The molecule has 0 aliphatic heterocycles. The van der Waals surface area contributed by atoms with E-state index in [9.17, 15) is 8.78 Å². The molecule has 8 heteroatoms. The first-order chi connectivity index (χ1) is 12.9. The van der Waals surface area contributed by atoms with Gasteiger partial charge in [-0.2, -0.15) is 8.78 Å². The molecule has 2 aromatic rings. The van der Waals surface area contributed by atoms with Gasteiger partial charge < -0.3 is 15.4 Å². The van der Waals surface area contributed by atoms with Crippen LogP contribution in [0, 0.1) is 5.92 Å². The number of imidazole rings is 1. The van der Waals surface area contributed by atoms with Crippen LogP contribution < -0.4 is 15.4 Å². The second-order valence-corrected chi connectivity index (χ2v) is 6.59. The maximum Gasteiger partial charge on any atom is 0.319 e. The van der Waals surface area contributed by atoms with Crippen LogP contribution in [0.15, 0.2) is 41.7 Å². The average Bonchev–Trinajstić information content (AvgIpc) is 3.12. The highest BCUT2D eigenvalue weighted by Gasteiger charge is 2.13. The predicted octanol–water partition coefficient (Wildman–Crippen LogP) is 3.74. The first-order valence-electron chi connectivity index (χ1n) is 8.90. The van der Waals surface area contributed by atoms with Crippen LogP contribution in [0.3, 0.4) is 0 Å². The van der Waals surface area contributed by atoms with Crippen LogP contribution in [-0.2, 0) is 6.54 Å². The minimum absolute atomic E-state index is 0.0230. The smallest absolute Gasteiger partial charge is 0.319 e. The van der Waals surface area contributed by atoms with E-state index < -0.39 is 6.55 Å². The molecule has 1 aromatic heterocycles. The van der Waals surface area contributed by atoms with Crippen molar-refractivity contribution in [2.45, 2.75) is 39.9 Å². The van der Waals surface area contributed by atoms with Gasteiger partial charge in [-0.05, 0) is 30.5 Å². The number of aromatic nitrogens is 2. The van der Waals surface area contributed by atoms with Crippen LogP contribution in [0.5, 0.6) is 5.75 Å². The number of alkyl halides is 2. The summed E-state index contributed by atoms with van der Waals surface area (Å²) in [4.78, 5) is 8.08. The summed E-state index contributed by atoms with van der Waals surface area (Å²) < 4.78 is 32.2. The molecule has 27 heavy (non-hydrogen) atoms. The SMILES string of the molecule is CN=C(NCc1nccn1C(F)F)NC(C)c1ccc(OCC(C)C)cc1. The summed E-state index contributed by atoms with van der Waals surface area (Å²) in [6, 6.07) is 7.83. The zero-order valence-electron chi connectivity index (χ0n) is 16.1. The molecule has 1 heterocycles. The standard InChI is InChI=1S/C19H27F2N5O/c1-13(2)12-27-16-7-5-15(6-8-16)14(3)25-19(22-4)24-11-17-23-9-10-26(17)18(20)21/h5-10,13-14,18H,11-12H2,1-4H3,(H2,22,24,25). The van der Waals surface area contributed by atoms with Gasteiger partial charge in [-0.1, -0.05) is 26.0 Å². The number of benzene rings is 1. The monoisotopic (exact) mass is 379 g/mol. The third kappa shape index (κ3) is 6.23. The summed E-state index contributed by atoms with van der Waals surface area (Å²) in [5, 5.41) is 6.25. The van der Waals surface area contributed by atoms with E-state index in [2.05, 4.69) is 34.5 Å². The van der Waals surface area contributed by atoms with Crippen LogP contribution >= 0.6 is 0 Å². The number of ether oxygens (including phenoxy) is 1. The normalized spacial score (nSPS) is 13.1. The minimum Gasteiger partial charge on any atom is -0.493 e. The van der Waals surface area contributed by atoms with Crippen molar-refractivity contribution in [1.82, 2.24) is 20.2 Å². The Kier molecular flexibility index (Phi) is 7.57. The fourth-order valence-electron chi connectivity index (χ4n) is 2.42. The van der Waals surface area contributed by atoms with E-state index in [0.29, 0.717) is 18.5 Å². The minimum atomic E-state index is -2.62. The van der Waals surface area contributed by atoms with E-state index in [-0.39, 0.29) is 18.4 Å². The molecule has 0 radical (unpaired) electrons. The summed E-state index contributed by atoms with van der Waals surface area (Å²) in [6.07, 6.45) is 2.61. The van der Waals surface area contributed by atoms with Crippen LogP contribution in [-0.4, -0.2) is 29.2 Å². The Balaban J connectivity index is 1.90. The predicted molar refractivity (Wildman–Crippen MR) is 102 cm³/mol. The molecule has 0 bridgehead atoms. The van der Waals surface area contributed by atoms with Crippen LogP contribution in [0.2, 0.25) is 0 Å². The van der Waals surface area contributed by atoms with Gasteiger partial charge in [0.2, 0.25) is 0 Å². The van der Waals surface area contributed by atoms with Crippen molar-refractivity contribution in [3.05, 3.63) is 48.0 Å².